The highest BCUT2D eigenvalue weighted by Crippen LogP contribution is 2.19. The Hall–Kier alpha value is -2.32. The predicted molar refractivity (Wildman–Crippen MR) is 76.6 cm³/mol. The molecule has 0 amide bonds. The SMILES string of the molecule is O=[N+]([O-])c1ccc(-c2n[nH]c(CN3CCNCC3)n2)cc1. The minimum atomic E-state index is -0.419. The molecule has 0 unspecified atom stereocenters. The monoisotopic (exact) mass is 288 g/mol. The van der Waals surface area contributed by atoms with Crippen LogP contribution in [0.1, 0.15) is 5.82 Å². The molecular weight excluding hydrogens is 272 g/mol. The number of aromatic amines is 1. The van der Waals surface area contributed by atoms with Crippen LogP contribution in [-0.4, -0.2) is 51.2 Å². The summed E-state index contributed by atoms with van der Waals surface area (Å²) in [5.74, 6) is 1.38. The van der Waals surface area contributed by atoms with Crippen molar-refractivity contribution < 1.29 is 4.92 Å². The lowest BCUT2D eigenvalue weighted by atomic mass is 10.2. The number of non-ortho nitro benzene ring substituents is 1. The molecule has 1 aromatic heterocycles. The number of hydrogen-bond acceptors (Lipinski definition) is 6. The summed E-state index contributed by atoms with van der Waals surface area (Å²) in [6.07, 6.45) is 0. The van der Waals surface area contributed by atoms with Crippen molar-refractivity contribution in [2.75, 3.05) is 26.2 Å². The van der Waals surface area contributed by atoms with Crippen LogP contribution < -0.4 is 5.32 Å². The quantitative estimate of drug-likeness (QED) is 0.637. The Morgan fingerprint density at radius 2 is 1.95 bits per heavy atom. The zero-order valence-corrected chi connectivity index (χ0v) is 11.5. The fraction of sp³-hybridized carbons (Fsp3) is 0.385. The molecule has 2 aromatic rings. The Morgan fingerprint density at radius 1 is 1.24 bits per heavy atom. The lowest BCUT2D eigenvalue weighted by Gasteiger charge is -2.25. The third kappa shape index (κ3) is 3.23. The molecule has 0 spiro atoms. The topological polar surface area (TPSA) is 100.0 Å². The van der Waals surface area contributed by atoms with E-state index in [1.54, 1.807) is 12.1 Å². The van der Waals surface area contributed by atoms with Gasteiger partial charge in [-0.05, 0) is 12.1 Å². The molecule has 1 saturated heterocycles. The van der Waals surface area contributed by atoms with Gasteiger partial charge >= 0.3 is 0 Å². The maximum absolute atomic E-state index is 10.6. The van der Waals surface area contributed by atoms with Crippen LogP contribution in [0.4, 0.5) is 5.69 Å². The highest BCUT2D eigenvalue weighted by molar-refractivity contribution is 5.56. The molecule has 0 bridgehead atoms. The number of nitrogens with zero attached hydrogens (tertiary/aromatic N) is 4. The molecule has 0 aliphatic carbocycles. The van der Waals surface area contributed by atoms with Gasteiger partial charge in [0.05, 0.1) is 11.5 Å². The van der Waals surface area contributed by atoms with Gasteiger partial charge in [0.2, 0.25) is 0 Å². The van der Waals surface area contributed by atoms with E-state index in [4.69, 9.17) is 0 Å². The summed E-state index contributed by atoms with van der Waals surface area (Å²) in [6, 6.07) is 6.25. The number of benzene rings is 1. The van der Waals surface area contributed by atoms with Gasteiger partial charge in [-0.25, -0.2) is 4.98 Å². The van der Waals surface area contributed by atoms with Crippen LogP contribution in [0.2, 0.25) is 0 Å². The van der Waals surface area contributed by atoms with E-state index in [0.29, 0.717) is 5.82 Å². The third-order valence-electron chi connectivity index (χ3n) is 3.45. The number of H-pyrrole nitrogens is 1. The van der Waals surface area contributed by atoms with Crippen LogP contribution >= 0.6 is 0 Å². The van der Waals surface area contributed by atoms with Crippen LogP contribution in [0, 0.1) is 10.1 Å². The summed E-state index contributed by atoms with van der Waals surface area (Å²) in [5.41, 5.74) is 0.832. The van der Waals surface area contributed by atoms with Gasteiger partial charge in [0.25, 0.3) is 5.69 Å². The number of piperazine rings is 1. The van der Waals surface area contributed by atoms with Gasteiger partial charge in [0.1, 0.15) is 5.82 Å². The summed E-state index contributed by atoms with van der Waals surface area (Å²) >= 11 is 0. The molecule has 1 aliphatic heterocycles. The third-order valence-corrected chi connectivity index (χ3v) is 3.45. The van der Waals surface area contributed by atoms with Gasteiger partial charge in [-0.1, -0.05) is 0 Å². The molecule has 8 nitrogen and oxygen atoms in total. The minimum absolute atomic E-state index is 0.0651. The van der Waals surface area contributed by atoms with Crippen molar-refractivity contribution in [3.05, 3.63) is 40.2 Å². The molecule has 3 rings (SSSR count). The number of hydrogen-bond donors (Lipinski definition) is 2. The minimum Gasteiger partial charge on any atom is -0.314 e. The van der Waals surface area contributed by atoms with Crippen LogP contribution in [-0.2, 0) is 6.54 Å². The largest absolute Gasteiger partial charge is 0.314 e. The van der Waals surface area contributed by atoms with Crippen molar-refractivity contribution in [1.82, 2.24) is 25.4 Å². The van der Waals surface area contributed by atoms with Gasteiger partial charge in [0.15, 0.2) is 5.82 Å². The molecule has 8 heteroatoms. The van der Waals surface area contributed by atoms with Gasteiger partial charge in [0, 0.05) is 43.9 Å². The van der Waals surface area contributed by atoms with E-state index in [9.17, 15) is 10.1 Å². The summed E-state index contributed by atoms with van der Waals surface area (Å²) in [7, 11) is 0. The summed E-state index contributed by atoms with van der Waals surface area (Å²) in [4.78, 5) is 17.0. The number of aromatic nitrogens is 3. The van der Waals surface area contributed by atoms with E-state index in [2.05, 4.69) is 25.4 Å². The molecule has 1 aromatic carbocycles. The molecule has 2 heterocycles. The lowest BCUT2D eigenvalue weighted by molar-refractivity contribution is -0.384. The second-order valence-electron chi connectivity index (χ2n) is 4.94. The Kier molecular flexibility index (Phi) is 3.89. The average Bonchev–Trinajstić information content (AvgIpc) is 2.97. The van der Waals surface area contributed by atoms with E-state index in [0.717, 1.165) is 44.1 Å². The van der Waals surface area contributed by atoms with Crippen LogP contribution in [0.3, 0.4) is 0 Å². The van der Waals surface area contributed by atoms with Crippen LogP contribution in [0.25, 0.3) is 11.4 Å². The molecule has 0 radical (unpaired) electrons. The Bertz CT molecular complexity index is 618. The summed E-state index contributed by atoms with van der Waals surface area (Å²) in [6.45, 7) is 4.70. The van der Waals surface area contributed by atoms with E-state index in [1.165, 1.54) is 12.1 Å². The second-order valence-corrected chi connectivity index (χ2v) is 4.94. The van der Waals surface area contributed by atoms with Crippen LogP contribution in [0.5, 0.6) is 0 Å². The molecule has 0 saturated carbocycles. The van der Waals surface area contributed by atoms with E-state index in [1.807, 2.05) is 0 Å². The van der Waals surface area contributed by atoms with Gasteiger partial charge in [-0.15, -0.1) is 0 Å². The van der Waals surface area contributed by atoms with E-state index in [-0.39, 0.29) is 5.69 Å². The summed E-state index contributed by atoms with van der Waals surface area (Å²) < 4.78 is 0. The number of rotatable bonds is 4. The Labute approximate surface area is 121 Å². The van der Waals surface area contributed by atoms with Gasteiger partial charge < -0.3 is 5.32 Å². The zero-order chi connectivity index (χ0) is 14.7. The smallest absolute Gasteiger partial charge is 0.269 e. The first-order valence-corrected chi connectivity index (χ1v) is 6.81. The fourth-order valence-electron chi connectivity index (χ4n) is 2.31. The fourth-order valence-corrected chi connectivity index (χ4v) is 2.31. The molecule has 2 N–H and O–H groups in total. The standard InChI is InChI=1S/C13H16N6O2/c20-19(21)11-3-1-10(2-4-11)13-15-12(16-17-13)9-18-7-5-14-6-8-18/h1-4,14H,5-9H2,(H,15,16,17). The first kappa shape index (κ1) is 13.7. The molecule has 110 valence electrons. The first-order chi connectivity index (χ1) is 10.2. The maximum Gasteiger partial charge on any atom is 0.269 e. The molecule has 21 heavy (non-hydrogen) atoms. The Morgan fingerprint density at radius 3 is 2.62 bits per heavy atom. The molecule has 0 atom stereocenters. The van der Waals surface area contributed by atoms with Crippen LogP contribution in [0.15, 0.2) is 24.3 Å². The highest BCUT2D eigenvalue weighted by Gasteiger charge is 2.13. The number of nitro groups is 1. The number of nitro benzene ring substituents is 1. The van der Waals surface area contributed by atoms with Crippen molar-refractivity contribution in [3.63, 3.8) is 0 Å². The highest BCUT2D eigenvalue weighted by atomic mass is 16.6. The zero-order valence-electron chi connectivity index (χ0n) is 11.5. The van der Waals surface area contributed by atoms with Crippen molar-refractivity contribution in [2.24, 2.45) is 0 Å². The van der Waals surface area contributed by atoms with Crippen molar-refractivity contribution in [3.8, 4) is 11.4 Å². The normalized spacial score (nSPS) is 16.0. The van der Waals surface area contributed by atoms with Gasteiger partial charge in [-0.3, -0.25) is 20.1 Å². The van der Waals surface area contributed by atoms with Crippen molar-refractivity contribution in [2.45, 2.75) is 6.54 Å². The average molecular weight is 288 g/mol. The van der Waals surface area contributed by atoms with E-state index >= 15 is 0 Å². The summed E-state index contributed by atoms with van der Waals surface area (Å²) in [5, 5.41) is 21.0. The maximum atomic E-state index is 10.6. The second kappa shape index (κ2) is 5.98. The first-order valence-electron chi connectivity index (χ1n) is 6.81. The van der Waals surface area contributed by atoms with Crippen molar-refractivity contribution >= 4 is 5.69 Å². The predicted octanol–water partition coefficient (Wildman–Crippen LogP) is 0.785. The number of nitrogens with one attached hydrogen (secondary N) is 2. The molecular formula is C13H16N6O2. The van der Waals surface area contributed by atoms with Gasteiger partial charge in [-0.2, -0.15) is 5.10 Å². The van der Waals surface area contributed by atoms with E-state index < -0.39 is 4.92 Å². The Balaban J connectivity index is 1.70. The molecule has 1 fully saturated rings. The molecule has 1 aliphatic rings. The van der Waals surface area contributed by atoms with Crippen molar-refractivity contribution in [1.29, 1.82) is 0 Å². The lowest BCUT2D eigenvalue weighted by Crippen LogP contribution is -2.43.